The number of carbonyl (C=O) groups is 1. The standard InChI is InChI=1S/C16H18N2O/c1-18(13-15-9-11-17-12-10-15)16(19)8-7-14-5-3-2-4-6-14/h2-6,9-12H,7-8,13H2,1H3. The van der Waals surface area contributed by atoms with Crippen LogP contribution in [0, 0.1) is 0 Å². The van der Waals surface area contributed by atoms with Crippen LogP contribution in [0.5, 0.6) is 0 Å². The highest BCUT2D eigenvalue weighted by Gasteiger charge is 2.09. The lowest BCUT2D eigenvalue weighted by Gasteiger charge is -2.17. The van der Waals surface area contributed by atoms with Crippen molar-refractivity contribution in [3.8, 4) is 0 Å². The normalized spacial score (nSPS) is 10.2. The van der Waals surface area contributed by atoms with Crippen LogP contribution in [0.25, 0.3) is 0 Å². The monoisotopic (exact) mass is 254 g/mol. The molecule has 0 aliphatic heterocycles. The molecule has 1 aromatic carbocycles. The van der Waals surface area contributed by atoms with Crippen LogP contribution >= 0.6 is 0 Å². The van der Waals surface area contributed by atoms with Gasteiger partial charge in [0.2, 0.25) is 5.91 Å². The van der Waals surface area contributed by atoms with Gasteiger partial charge in [0, 0.05) is 32.4 Å². The van der Waals surface area contributed by atoms with Crippen LogP contribution in [0.2, 0.25) is 0 Å². The predicted octanol–water partition coefficient (Wildman–Crippen LogP) is 2.67. The highest BCUT2D eigenvalue weighted by Crippen LogP contribution is 2.06. The summed E-state index contributed by atoms with van der Waals surface area (Å²) in [6.07, 6.45) is 4.83. The number of hydrogen-bond donors (Lipinski definition) is 0. The third kappa shape index (κ3) is 4.21. The Labute approximate surface area is 113 Å². The van der Waals surface area contributed by atoms with Crippen molar-refractivity contribution in [3.63, 3.8) is 0 Å². The number of hydrogen-bond acceptors (Lipinski definition) is 2. The number of pyridine rings is 1. The molecule has 3 nitrogen and oxygen atoms in total. The van der Waals surface area contributed by atoms with E-state index in [1.807, 2.05) is 37.4 Å². The lowest BCUT2D eigenvalue weighted by molar-refractivity contribution is -0.130. The first-order valence-corrected chi connectivity index (χ1v) is 6.42. The van der Waals surface area contributed by atoms with Gasteiger partial charge in [0.1, 0.15) is 0 Å². The Hall–Kier alpha value is -2.16. The summed E-state index contributed by atoms with van der Waals surface area (Å²) >= 11 is 0. The van der Waals surface area contributed by atoms with Crippen LogP contribution in [0.4, 0.5) is 0 Å². The Balaban J connectivity index is 1.83. The number of carbonyl (C=O) groups excluding carboxylic acids is 1. The fraction of sp³-hybridized carbons (Fsp3) is 0.250. The van der Waals surface area contributed by atoms with Crippen LogP contribution in [-0.4, -0.2) is 22.8 Å². The molecule has 19 heavy (non-hydrogen) atoms. The zero-order chi connectivity index (χ0) is 13.5. The van der Waals surface area contributed by atoms with Crippen molar-refractivity contribution in [2.24, 2.45) is 0 Å². The molecule has 98 valence electrons. The van der Waals surface area contributed by atoms with Crippen molar-refractivity contribution in [1.82, 2.24) is 9.88 Å². The Morgan fingerprint density at radius 1 is 1.05 bits per heavy atom. The van der Waals surface area contributed by atoms with Crippen molar-refractivity contribution in [2.75, 3.05) is 7.05 Å². The zero-order valence-electron chi connectivity index (χ0n) is 11.1. The molecule has 2 aromatic rings. The molecule has 1 aromatic heterocycles. The average molecular weight is 254 g/mol. The number of nitrogens with zero attached hydrogens (tertiary/aromatic N) is 2. The molecule has 0 atom stereocenters. The highest BCUT2D eigenvalue weighted by molar-refractivity contribution is 5.76. The SMILES string of the molecule is CN(Cc1ccncc1)C(=O)CCc1ccccc1. The summed E-state index contributed by atoms with van der Waals surface area (Å²) in [5.74, 6) is 0.167. The van der Waals surface area contributed by atoms with Gasteiger partial charge in [-0.15, -0.1) is 0 Å². The molecular formula is C16H18N2O. The first kappa shape index (κ1) is 13.3. The maximum atomic E-state index is 12.0. The van der Waals surface area contributed by atoms with Crippen molar-refractivity contribution in [1.29, 1.82) is 0 Å². The van der Waals surface area contributed by atoms with Crippen LogP contribution in [0.1, 0.15) is 17.5 Å². The van der Waals surface area contributed by atoms with Crippen molar-refractivity contribution in [3.05, 3.63) is 66.0 Å². The number of rotatable bonds is 5. The molecule has 3 heteroatoms. The maximum Gasteiger partial charge on any atom is 0.222 e. The van der Waals surface area contributed by atoms with E-state index in [9.17, 15) is 4.79 Å². The zero-order valence-corrected chi connectivity index (χ0v) is 11.1. The van der Waals surface area contributed by atoms with Gasteiger partial charge in [-0.2, -0.15) is 0 Å². The van der Waals surface area contributed by atoms with Crippen molar-refractivity contribution in [2.45, 2.75) is 19.4 Å². The van der Waals surface area contributed by atoms with E-state index in [0.717, 1.165) is 12.0 Å². The molecule has 0 saturated heterocycles. The molecular weight excluding hydrogens is 236 g/mol. The smallest absolute Gasteiger partial charge is 0.222 e. The number of aromatic nitrogens is 1. The van der Waals surface area contributed by atoms with Crippen LogP contribution < -0.4 is 0 Å². The minimum absolute atomic E-state index is 0.167. The molecule has 0 unspecified atom stereocenters. The van der Waals surface area contributed by atoms with E-state index < -0.39 is 0 Å². The fourth-order valence-electron chi connectivity index (χ4n) is 1.94. The second-order valence-electron chi connectivity index (χ2n) is 4.59. The Kier molecular flexibility index (Phi) is 4.67. The van der Waals surface area contributed by atoms with Crippen molar-refractivity contribution >= 4 is 5.91 Å². The van der Waals surface area contributed by atoms with E-state index in [0.29, 0.717) is 13.0 Å². The Bertz CT molecular complexity index is 511. The minimum atomic E-state index is 0.167. The predicted molar refractivity (Wildman–Crippen MR) is 75.5 cm³/mol. The Morgan fingerprint density at radius 3 is 2.42 bits per heavy atom. The third-order valence-electron chi connectivity index (χ3n) is 3.07. The van der Waals surface area contributed by atoms with E-state index in [2.05, 4.69) is 17.1 Å². The average Bonchev–Trinajstić information content (AvgIpc) is 2.47. The van der Waals surface area contributed by atoms with Gasteiger partial charge in [-0.05, 0) is 29.7 Å². The molecule has 1 amide bonds. The summed E-state index contributed by atoms with van der Waals surface area (Å²) < 4.78 is 0. The largest absolute Gasteiger partial charge is 0.341 e. The van der Waals surface area contributed by atoms with Gasteiger partial charge in [-0.3, -0.25) is 9.78 Å². The topological polar surface area (TPSA) is 33.2 Å². The molecule has 0 aliphatic carbocycles. The molecule has 0 saturated carbocycles. The molecule has 0 fully saturated rings. The van der Waals surface area contributed by atoms with E-state index in [4.69, 9.17) is 0 Å². The van der Waals surface area contributed by atoms with Gasteiger partial charge in [0.15, 0.2) is 0 Å². The summed E-state index contributed by atoms with van der Waals surface area (Å²) in [5, 5.41) is 0. The third-order valence-corrected chi connectivity index (χ3v) is 3.07. The van der Waals surface area contributed by atoms with E-state index >= 15 is 0 Å². The molecule has 2 rings (SSSR count). The van der Waals surface area contributed by atoms with E-state index in [-0.39, 0.29) is 5.91 Å². The molecule has 1 heterocycles. The summed E-state index contributed by atoms with van der Waals surface area (Å²) in [4.78, 5) is 17.8. The highest BCUT2D eigenvalue weighted by atomic mass is 16.2. The van der Waals surface area contributed by atoms with E-state index in [1.54, 1.807) is 17.3 Å². The summed E-state index contributed by atoms with van der Waals surface area (Å²) in [5.41, 5.74) is 2.30. The van der Waals surface area contributed by atoms with Crippen molar-refractivity contribution < 1.29 is 4.79 Å². The van der Waals surface area contributed by atoms with Gasteiger partial charge in [0.05, 0.1) is 0 Å². The van der Waals surface area contributed by atoms with Gasteiger partial charge in [0.25, 0.3) is 0 Å². The lowest BCUT2D eigenvalue weighted by atomic mass is 10.1. The van der Waals surface area contributed by atoms with E-state index in [1.165, 1.54) is 5.56 Å². The van der Waals surface area contributed by atoms with Gasteiger partial charge < -0.3 is 4.90 Å². The molecule has 0 N–H and O–H groups in total. The molecule has 0 bridgehead atoms. The maximum absolute atomic E-state index is 12.0. The van der Waals surface area contributed by atoms with Gasteiger partial charge in [-0.1, -0.05) is 30.3 Å². The second-order valence-corrected chi connectivity index (χ2v) is 4.59. The summed E-state index contributed by atoms with van der Waals surface area (Å²) in [6.45, 7) is 0.635. The van der Waals surface area contributed by atoms with Crippen LogP contribution in [0.3, 0.4) is 0 Å². The van der Waals surface area contributed by atoms with Gasteiger partial charge >= 0.3 is 0 Å². The second kappa shape index (κ2) is 6.69. The van der Waals surface area contributed by atoms with Crippen LogP contribution in [0.15, 0.2) is 54.9 Å². The number of benzene rings is 1. The molecule has 0 radical (unpaired) electrons. The van der Waals surface area contributed by atoms with Crippen LogP contribution in [-0.2, 0) is 17.8 Å². The Morgan fingerprint density at radius 2 is 1.74 bits per heavy atom. The number of aryl methyl sites for hydroxylation is 1. The lowest BCUT2D eigenvalue weighted by Crippen LogP contribution is -2.26. The minimum Gasteiger partial charge on any atom is -0.341 e. The summed E-state index contributed by atoms with van der Waals surface area (Å²) in [7, 11) is 1.84. The summed E-state index contributed by atoms with van der Waals surface area (Å²) in [6, 6.07) is 14.0. The first-order valence-electron chi connectivity index (χ1n) is 6.42. The fourth-order valence-corrected chi connectivity index (χ4v) is 1.94. The molecule has 0 spiro atoms. The first-order chi connectivity index (χ1) is 9.25. The molecule has 0 aliphatic rings. The van der Waals surface area contributed by atoms with Gasteiger partial charge in [-0.25, -0.2) is 0 Å². The number of amides is 1. The quantitative estimate of drug-likeness (QED) is 0.822.